The predicted molar refractivity (Wildman–Crippen MR) is 138 cm³/mol. The van der Waals surface area contributed by atoms with Gasteiger partial charge in [-0.2, -0.15) is 0 Å². The van der Waals surface area contributed by atoms with E-state index in [0.29, 0.717) is 0 Å². The second-order valence-corrected chi connectivity index (χ2v) is 15.3. The smallest absolute Gasteiger partial charge is 0.0559 e. The van der Waals surface area contributed by atoms with Gasteiger partial charge in [0.25, 0.3) is 0 Å². The minimum atomic E-state index is -1.16. The fourth-order valence-electron chi connectivity index (χ4n) is 7.46. The number of hydrogen-bond acceptors (Lipinski definition) is 0. The second-order valence-electron chi connectivity index (χ2n) is 11.1. The molecule has 0 nitrogen and oxygen atoms in total. The molecule has 3 saturated carbocycles. The summed E-state index contributed by atoms with van der Waals surface area (Å²) in [6, 6.07) is 2.43. The molecule has 3 aliphatic carbocycles. The highest BCUT2D eigenvalue weighted by molar-refractivity contribution is 8.03. The first kappa shape index (κ1) is 22.9. The Hall–Kier alpha value is -0.285. The van der Waals surface area contributed by atoms with Crippen molar-refractivity contribution in [2.75, 3.05) is 0 Å². The third-order valence-electron chi connectivity index (χ3n) is 9.40. The van der Waals surface area contributed by atoms with E-state index < -0.39 is 7.14 Å². The molecule has 0 unspecified atom stereocenters. The molecular weight excluding hydrogens is 378 g/mol. The van der Waals surface area contributed by atoms with Gasteiger partial charge in [-0.25, -0.2) is 0 Å². The van der Waals surface area contributed by atoms with E-state index in [9.17, 15) is 0 Å². The third kappa shape index (κ3) is 4.44. The molecule has 3 aliphatic rings. The maximum atomic E-state index is 3.07. The molecule has 0 bridgehead atoms. The van der Waals surface area contributed by atoms with Crippen LogP contribution < -0.4 is 5.46 Å². The average Bonchev–Trinajstić information content (AvgIpc) is 2.80. The molecule has 1 aromatic carbocycles. The molecule has 1 aromatic rings. The molecule has 4 rings (SSSR count). The minimum absolute atomic E-state index is 1.04. The van der Waals surface area contributed by atoms with Crippen LogP contribution in [0.15, 0.2) is 6.07 Å². The lowest BCUT2D eigenvalue weighted by Gasteiger charge is -2.49. The number of benzene rings is 1. The molecule has 0 heterocycles. The van der Waals surface area contributed by atoms with E-state index in [1.807, 2.05) is 0 Å². The van der Waals surface area contributed by atoms with E-state index in [4.69, 9.17) is 0 Å². The van der Waals surface area contributed by atoms with Crippen molar-refractivity contribution >= 4 is 19.6 Å². The normalized spacial score (nSPS) is 22.9. The Morgan fingerprint density at radius 2 is 0.900 bits per heavy atom. The van der Waals surface area contributed by atoms with Crippen LogP contribution in [0.3, 0.4) is 0 Å². The Balaban J connectivity index is 1.82. The Morgan fingerprint density at radius 1 is 0.567 bits per heavy atom. The molecule has 1 radical (unpaired) electrons. The average molecular weight is 424 g/mol. The van der Waals surface area contributed by atoms with Crippen molar-refractivity contribution in [3.05, 3.63) is 28.3 Å². The number of aryl methyl sites for hydroxylation is 2. The summed E-state index contributed by atoms with van der Waals surface area (Å²) in [4.78, 5) is 0. The van der Waals surface area contributed by atoms with Crippen LogP contribution in [0.5, 0.6) is 0 Å². The van der Waals surface area contributed by atoms with Crippen LogP contribution in [0.2, 0.25) is 0 Å². The zero-order chi connectivity index (χ0) is 21.1. The van der Waals surface area contributed by atoms with E-state index >= 15 is 0 Å². The maximum Gasteiger partial charge on any atom is 0.397 e. The zero-order valence-electron chi connectivity index (χ0n) is 20.4. The van der Waals surface area contributed by atoms with Crippen LogP contribution >= 0.6 is 7.14 Å². The lowest BCUT2D eigenvalue weighted by Crippen LogP contribution is -2.43. The first-order valence-electron chi connectivity index (χ1n) is 13.3. The summed E-state index contributed by atoms with van der Waals surface area (Å²) in [5.41, 5.74) is 11.0. The van der Waals surface area contributed by atoms with Crippen LogP contribution in [-0.2, 0) is 0 Å². The van der Waals surface area contributed by atoms with Crippen LogP contribution in [0, 0.1) is 27.7 Å². The molecular formula is C28H46BP+. The molecule has 0 saturated heterocycles. The van der Waals surface area contributed by atoms with Crippen molar-refractivity contribution in [2.24, 2.45) is 0 Å². The maximum absolute atomic E-state index is 3.07. The van der Waals surface area contributed by atoms with Gasteiger partial charge in [-0.15, -0.1) is 0 Å². The minimum Gasteiger partial charge on any atom is -0.0559 e. The topological polar surface area (TPSA) is 0 Å². The van der Waals surface area contributed by atoms with Crippen molar-refractivity contribution in [1.29, 1.82) is 0 Å². The van der Waals surface area contributed by atoms with Gasteiger partial charge in [0.1, 0.15) is 0 Å². The van der Waals surface area contributed by atoms with Gasteiger partial charge in [-0.05, 0) is 140 Å². The summed E-state index contributed by atoms with van der Waals surface area (Å²) >= 11 is 0. The summed E-state index contributed by atoms with van der Waals surface area (Å²) in [7, 11) is -1.16. The van der Waals surface area contributed by atoms with Gasteiger partial charge in [-0.1, -0.05) is 25.3 Å². The van der Waals surface area contributed by atoms with Gasteiger partial charge in [-0.3, -0.25) is 0 Å². The Labute approximate surface area is 188 Å². The summed E-state index contributed by atoms with van der Waals surface area (Å²) in [5.74, 6) is 0. The van der Waals surface area contributed by atoms with Crippen LogP contribution in [-0.4, -0.2) is 24.0 Å². The highest BCUT2D eigenvalue weighted by Gasteiger charge is 2.57. The molecule has 0 aromatic heterocycles. The van der Waals surface area contributed by atoms with Crippen LogP contribution in [0.25, 0.3) is 0 Å². The summed E-state index contributed by atoms with van der Waals surface area (Å²) in [6.07, 6.45) is 22.8. The van der Waals surface area contributed by atoms with Crippen LogP contribution in [0.4, 0.5) is 0 Å². The van der Waals surface area contributed by atoms with Crippen molar-refractivity contribution in [3.8, 4) is 0 Å². The molecule has 0 spiro atoms. The predicted octanol–water partition coefficient (Wildman–Crippen LogP) is 8.18. The van der Waals surface area contributed by atoms with Crippen molar-refractivity contribution in [3.63, 3.8) is 0 Å². The van der Waals surface area contributed by atoms with E-state index in [0.717, 1.165) is 17.0 Å². The zero-order valence-corrected chi connectivity index (χ0v) is 21.3. The third-order valence-corrected chi connectivity index (χ3v) is 15.4. The standard InChI is InChI=1S/C28H46BP/c1-21-20-22(2)24(4)28(23(21)3)29-30(25-14-8-5-9-15-25,26-16-10-6-11-17-26)27-18-12-7-13-19-27/h20,25-27H,5-19H2,1-4H3/q+1. The van der Waals surface area contributed by atoms with Gasteiger partial charge < -0.3 is 0 Å². The fraction of sp³-hybridized carbons (Fsp3) is 0.786. The van der Waals surface area contributed by atoms with Crippen molar-refractivity contribution in [2.45, 2.75) is 141 Å². The number of hydrogen-bond donors (Lipinski definition) is 0. The first-order chi connectivity index (χ1) is 14.5. The van der Waals surface area contributed by atoms with E-state index in [2.05, 4.69) is 40.8 Å². The van der Waals surface area contributed by atoms with Crippen LogP contribution in [0.1, 0.15) is 119 Å². The molecule has 0 atom stereocenters. The molecule has 165 valence electrons. The largest absolute Gasteiger partial charge is 0.397 e. The molecule has 0 aliphatic heterocycles. The second kappa shape index (κ2) is 10.1. The molecule has 3 fully saturated rings. The SMILES string of the molecule is Cc1cc(C)c(C)c([B][P+](C2CCCCC2)(C2CCCCC2)C2CCCCC2)c1C. The van der Waals surface area contributed by atoms with Gasteiger partial charge in [0.15, 0.2) is 0 Å². The monoisotopic (exact) mass is 424 g/mol. The highest BCUT2D eigenvalue weighted by Crippen LogP contribution is 2.76. The van der Waals surface area contributed by atoms with Gasteiger partial charge in [0.05, 0.1) is 17.0 Å². The van der Waals surface area contributed by atoms with Gasteiger partial charge in [0.2, 0.25) is 0 Å². The summed E-state index contributed by atoms with van der Waals surface area (Å²) in [6.45, 7) is 12.6. The lowest BCUT2D eigenvalue weighted by molar-refractivity contribution is 0.457. The van der Waals surface area contributed by atoms with Gasteiger partial charge in [0, 0.05) is 0 Å². The highest BCUT2D eigenvalue weighted by atomic mass is 31.2. The quantitative estimate of drug-likeness (QED) is 0.330. The fourth-order valence-corrected chi connectivity index (χ4v) is 14.5. The summed E-state index contributed by atoms with van der Waals surface area (Å²) < 4.78 is 0. The Kier molecular flexibility index (Phi) is 7.71. The summed E-state index contributed by atoms with van der Waals surface area (Å²) in [5, 5.41) is 0. The molecule has 0 N–H and O–H groups in total. The van der Waals surface area contributed by atoms with Gasteiger partial charge >= 0.3 is 7.00 Å². The first-order valence-corrected chi connectivity index (χ1v) is 15.4. The van der Waals surface area contributed by atoms with E-state index in [-0.39, 0.29) is 0 Å². The Morgan fingerprint density at radius 3 is 1.23 bits per heavy atom. The molecule has 2 heteroatoms. The van der Waals surface area contributed by atoms with E-state index in [1.54, 1.807) is 55.1 Å². The lowest BCUT2D eigenvalue weighted by atomic mass is 9.81. The van der Waals surface area contributed by atoms with Crippen molar-refractivity contribution in [1.82, 2.24) is 0 Å². The molecule has 0 amide bonds. The van der Waals surface area contributed by atoms with E-state index in [1.165, 1.54) is 68.9 Å². The number of rotatable bonds is 5. The Bertz CT molecular complexity index is 634. The van der Waals surface area contributed by atoms with Crippen molar-refractivity contribution < 1.29 is 0 Å². The molecule has 30 heavy (non-hydrogen) atoms.